The van der Waals surface area contributed by atoms with Gasteiger partial charge in [-0.25, -0.2) is 4.79 Å². The van der Waals surface area contributed by atoms with Gasteiger partial charge in [-0.05, 0) is 19.1 Å². The zero-order valence-corrected chi connectivity index (χ0v) is 11.1. The molecule has 0 bridgehead atoms. The molecule has 1 heterocycles. The van der Waals surface area contributed by atoms with Crippen LogP contribution in [-0.4, -0.2) is 35.0 Å². The zero-order valence-electron chi connectivity index (χ0n) is 11.1. The number of aryl methyl sites for hydroxylation is 1. The summed E-state index contributed by atoms with van der Waals surface area (Å²) in [5.74, 6) is 0.0895. The van der Waals surface area contributed by atoms with E-state index in [1.165, 1.54) is 0 Å². The molecule has 0 radical (unpaired) electrons. The summed E-state index contributed by atoms with van der Waals surface area (Å²) in [5.41, 5.74) is 1.71. The van der Waals surface area contributed by atoms with Crippen molar-refractivity contribution in [2.75, 3.05) is 13.7 Å². The molecule has 0 aliphatic rings. The van der Waals surface area contributed by atoms with Crippen LogP contribution in [0.2, 0.25) is 0 Å². The van der Waals surface area contributed by atoms with Crippen LogP contribution in [0.5, 0.6) is 5.75 Å². The second kappa shape index (κ2) is 6.16. The summed E-state index contributed by atoms with van der Waals surface area (Å²) in [4.78, 5) is 10.3. The highest BCUT2D eigenvalue weighted by Gasteiger charge is 2.14. The summed E-state index contributed by atoms with van der Waals surface area (Å²) in [5, 5.41) is 16.2. The Morgan fingerprint density at radius 2 is 2.20 bits per heavy atom. The van der Waals surface area contributed by atoms with Crippen LogP contribution in [0.15, 0.2) is 22.6 Å². The van der Waals surface area contributed by atoms with Gasteiger partial charge in [0.05, 0.1) is 12.7 Å². The van der Waals surface area contributed by atoms with E-state index in [4.69, 9.17) is 19.0 Å². The number of hydrogen-bond acceptors (Lipinski definition) is 6. The van der Waals surface area contributed by atoms with Crippen LogP contribution in [0.4, 0.5) is 0 Å². The Hall–Kier alpha value is -2.41. The molecule has 0 atom stereocenters. The minimum absolute atomic E-state index is 0.0482. The van der Waals surface area contributed by atoms with E-state index < -0.39 is 12.6 Å². The van der Waals surface area contributed by atoms with Gasteiger partial charge in [0.1, 0.15) is 19.0 Å². The van der Waals surface area contributed by atoms with Crippen LogP contribution in [-0.2, 0) is 16.1 Å². The Labute approximate surface area is 115 Å². The topological polar surface area (TPSA) is 94.7 Å². The van der Waals surface area contributed by atoms with E-state index in [2.05, 4.69) is 10.2 Å². The largest absolute Gasteiger partial charge is 0.496 e. The predicted octanol–water partition coefficient (Wildman–Crippen LogP) is 1.65. The van der Waals surface area contributed by atoms with E-state index in [1.807, 2.05) is 25.1 Å². The molecule has 2 aromatic rings. The van der Waals surface area contributed by atoms with Crippen molar-refractivity contribution in [3.05, 3.63) is 29.7 Å². The fourth-order valence-electron chi connectivity index (χ4n) is 1.64. The highest BCUT2D eigenvalue weighted by molar-refractivity contribution is 5.68. The van der Waals surface area contributed by atoms with Gasteiger partial charge in [-0.2, -0.15) is 0 Å². The molecule has 20 heavy (non-hydrogen) atoms. The van der Waals surface area contributed by atoms with E-state index in [9.17, 15) is 4.79 Å². The first kappa shape index (κ1) is 14.0. The highest BCUT2D eigenvalue weighted by atomic mass is 16.5. The lowest BCUT2D eigenvalue weighted by molar-refractivity contribution is -0.142. The van der Waals surface area contributed by atoms with Gasteiger partial charge < -0.3 is 19.0 Å². The molecule has 106 valence electrons. The standard InChI is InChI=1S/C13H14N2O5/c1-8-3-4-10(18-2)9(5-8)13-15-14-11(20-13)6-19-7-12(16)17/h3-5H,6-7H2,1-2H3,(H,16,17). The predicted molar refractivity (Wildman–Crippen MR) is 68.3 cm³/mol. The van der Waals surface area contributed by atoms with E-state index >= 15 is 0 Å². The summed E-state index contributed by atoms with van der Waals surface area (Å²) in [6.45, 7) is 1.48. The third-order valence-corrected chi connectivity index (χ3v) is 2.50. The fraction of sp³-hybridized carbons (Fsp3) is 0.308. The molecule has 1 aromatic heterocycles. The molecule has 2 rings (SSSR count). The zero-order chi connectivity index (χ0) is 14.5. The number of methoxy groups -OCH3 is 1. The minimum Gasteiger partial charge on any atom is -0.496 e. The van der Waals surface area contributed by atoms with Crippen LogP contribution < -0.4 is 4.74 Å². The molecule has 0 spiro atoms. The Bertz CT molecular complexity index is 609. The van der Waals surface area contributed by atoms with Crippen molar-refractivity contribution in [3.8, 4) is 17.2 Å². The molecule has 0 amide bonds. The first-order chi connectivity index (χ1) is 9.60. The first-order valence-electron chi connectivity index (χ1n) is 5.87. The third-order valence-electron chi connectivity index (χ3n) is 2.50. The number of carbonyl (C=O) groups is 1. The van der Waals surface area contributed by atoms with Gasteiger partial charge >= 0.3 is 5.97 Å². The van der Waals surface area contributed by atoms with Crippen molar-refractivity contribution in [2.45, 2.75) is 13.5 Å². The van der Waals surface area contributed by atoms with Gasteiger partial charge in [0.2, 0.25) is 5.89 Å². The SMILES string of the molecule is COc1ccc(C)cc1-c1nnc(COCC(=O)O)o1. The van der Waals surface area contributed by atoms with Crippen molar-refractivity contribution in [1.82, 2.24) is 10.2 Å². The summed E-state index contributed by atoms with van der Waals surface area (Å²) in [6, 6.07) is 5.60. The van der Waals surface area contributed by atoms with Crippen molar-refractivity contribution < 1.29 is 23.8 Å². The Balaban J connectivity index is 2.16. The van der Waals surface area contributed by atoms with Crippen LogP contribution in [0.1, 0.15) is 11.5 Å². The lowest BCUT2D eigenvalue weighted by Gasteiger charge is -2.05. The normalized spacial score (nSPS) is 10.5. The molecular formula is C13H14N2O5. The molecule has 7 nitrogen and oxygen atoms in total. The van der Waals surface area contributed by atoms with Gasteiger partial charge in [0.25, 0.3) is 5.89 Å². The smallest absolute Gasteiger partial charge is 0.329 e. The lowest BCUT2D eigenvalue weighted by Crippen LogP contribution is -2.06. The van der Waals surface area contributed by atoms with Crippen molar-refractivity contribution in [1.29, 1.82) is 0 Å². The summed E-state index contributed by atoms with van der Waals surface area (Å²) < 4.78 is 15.6. The molecule has 0 unspecified atom stereocenters. The van der Waals surface area contributed by atoms with E-state index in [0.717, 1.165) is 5.56 Å². The monoisotopic (exact) mass is 278 g/mol. The quantitative estimate of drug-likeness (QED) is 0.858. The maximum Gasteiger partial charge on any atom is 0.329 e. The number of aliphatic carboxylic acids is 1. The Kier molecular flexibility index (Phi) is 4.31. The average Bonchev–Trinajstić information content (AvgIpc) is 2.87. The molecule has 7 heteroatoms. The third kappa shape index (κ3) is 3.33. The number of benzene rings is 1. The van der Waals surface area contributed by atoms with Crippen LogP contribution in [0, 0.1) is 6.92 Å². The number of ether oxygens (including phenoxy) is 2. The van der Waals surface area contributed by atoms with Gasteiger partial charge in [0.15, 0.2) is 0 Å². The van der Waals surface area contributed by atoms with Gasteiger partial charge in [-0.1, -0.05) is 11.6 Å². The van der Waals surface area contributed by atoms with Gasteiger partial charge in [0, 0.05) is 0 Å². The van der Waals surface area contributed by atoms with Gasteiger partial charge in [-0.3, -0.25) is 0 Å². The maximum absolute atomic E-state index is 10.3. The molecule has 0 fully saturated rings. The lowest BCUT2D eigenvalue weighted by atomic mass is 10.1. The minimum atomic E-state index is -1.05. The highest BCUT2D eigenvalue weighted by Crippen LogP contribution is 2.29. The summed E-state index contributed by atoms with van der Waals surface area (Å²) in [7, 11) is 1.56. The molecule has 1 N–H and O–H groups in total. The van der Waals surface area contributed by atoms with Crippen molar-refractivity contribution in [2.24, 2.45) is 0 Å². The second-order valence-corrected chi connectivity index (χ2v) is 4.09. The summed E-state index contributed by atoms with van der Waals surface area (Å²) >= 11 is 0. The number of aromatic nitrogens is 2. The average molecular weight is 278 g/mol. The molecule has 0 saturated carbocycles. The molecule has 1 aromatic carbocycles. The fourth-order valence-corrected chi connectivity index (χ4v) is 1.64. The molecular weight excluding hydrogens is 264 g/mol. The number of nitrogens with zero attached hydrogens (tertiary/aromatic N) is 2. The molecule has 0 saturated heterocycles. The van der Waals surface area contributed by atoms with Crippen LogP contribution >= 0.6 is 0 Å². The van der Waals surface area contributed by atoms with Crippen LogP contribution in [0.25, 0.3) is 11.5 Å². The maximum atomic E-state index is 10.3. The molecule has 0 aliphatic carbocycles. The van der Waals surface area contributed by atoms with E-state index in [1.54, 1.807) is 7.11 Å². The van der Waals surface area contributed by atoms with Crippen molar-refractivity contribution >= 4 is 5.97 Å². The van der Waals surface area contributed by atoms with Crippen LogP contribution in [0.3, 0.4) is 0 Å². The van der Waals surface area contributed by atoms with E-state index in [-0.39, 0.29) is 12.5 Å². The Morgan fingerprint density at radius 1 is 1.40 bits per heavy atom. The first-order valence-corrected chi connectivity index (χ1v) is 5.87. The molecule has 0 aliphatic heterocycles. The van der Waals surface area contributed by atoms with Gasteiger partial charge in [-0.15, -0.1) is 10.2 Å². The van der Waals surface area contributed by atoms with E-state index in [0.29, 0.717) is 17.2 Å². The second-order valence-electron chi connectivity index (χ2n) is 4.09. The van der Waals surface area contributed by atoms with Crippen molar-refractivity contribution in [3.63, 3.8) is 0 Å². The number of carboxylic acid groups (broad SMARTS) is 1. The summed E-state index contributed by atoms with van der Waals surface area (Å²) in [6.07, 6.45) is 0. The number of hydrogen-bond donors (Lipinski definition) is 1. The number of rotatable bonds is 6. The number of carboxylic acids is 1. The Morgan fingerprint density at radius 3 is 2.90 bits per heavy atom.